The zero-order valence-corrected chi connectivity index (χ0v) is 33.0. The minimum absolute atomic E-state index is 0. The van der Waals surface area contributed by atoms with Gasteiger partial charge in [-0.1, -0.05) is 41.5 Å². The molecular weight excluding hydrogens is 631 g/mol. The maximum Gasteiger partial charge on any atom is 1.00 e. The summed E-state index contributed by atoms with van der Waals surface area (Å²) in [6.07, 6.45) is 3.58. The van der Waals surface area contributed by atoms with Crippen LogP contribution in [0.5, 0.6) is 0 Å². The molecule has 16 atom stereocenters. The number of hydrogen-bond acceptors (Lipinski definition) is 11. The molecule has 0 amide bonds. The summed E-state index contributed by atoms with van der Waals surface area (Å²) in [5.41, 5.74) is -2.06. The van der Waals surface area contributed by atoms with E-state index in [0.29, 0.717) is 25.7 Å². The van der Waals surface area contributed by atoms with Crippen molar-refractivity contribution in [1.82, 2.24) is 0 Å². The standard InChI is InChI=1S/C36H62O11.Na/c1-10-34(30-21(3)16-26(43-30)28-20(2)15-22(4)36(41,19-37)45-28)12-11-27(44-34)32(7)13-14-35(46-32)18-25(38)17-33(8,47-35)24(6)29(42-9)23(5)31(39)40;/h20-30,37-38,41H,10-19H2,1-9H3,(H,39,40);/q;+1/p-1/t20-,21-,22+,23?,24-,25+,26+,27+,28-,29-,30+,32-,33-,34-,35-,36-;/m0./s1. The minimum Gasteiger partial charge on any atom is -0.550 e. The first-order chi connectivity index (χ1) is 21.9. The third kappa shape index (κ3) is 7.33. The van der Waals surface area contributed by atoms with E-state index >= 15 is 0 Å². The molecular formula is C36H61NaO11. The Bertz CT molecular complexity index is 1130. The maximum atomic E-state index is 11.7. The number of carboxylic acids is 1. The first-order valence-electron chi connectivity index (χ1n) is 18.1. The molecule has 0 aromatic heterocycles. The van der Waals surface area contributed by atoms with Crippen LogP contribution in [-0.4, -0.2) is 100 Å². The predicted octanol–water partition coefficient (Wildman–Crippen LogP) is 0.0863. The third-order valence-corrected chi connectivity index (χ3v) is 13.1. The molecule has 12 heteroatoms. The zero-order chi connectivity index (χ0) is 34.7. The quantitative estimate of drug-likeness (QED) is 0.267. The summed E-state index contributed by atoms with van der Waals surface area (Å²) in [4.78, 5) is 11.7. The summed E-state index contributed by atoms with van der Waals surface area (Å²) in [5, 5.41) is 43.8. The molecule has 1 unspecified atom stereocenters. The number of carbonyl (C=O) groups is 1. The summed E-state index contributed by atoms with van der Waals surface area (Å²) in [7, 11) is 1.49. The smallest absolute Gasteiger partial charge is 0.550 e. The number of aliphatic hydroxyl groups excluding tert-OH is 2. The molecule has 272 valence electrons. The van der Waals surface area contributed by atoms with E-state index in [-0.39, 0.29) is 77.6 Å². The Labute approximate surface area is 309 Å². The van der Waals surface area contributed by atoms with Gasteiger partial charge in [0.2, 0.25) is 0 Å². The molecule has 0 saturated carbocycles. The van der Waals surface area contributed by atoms with Gasteiger partial charge in [-0.3, -0.25) is 0 Å². The van der Waals surface area contributed by atoms with Crippen molar-refractivity contribution in [3.63, 3.8) is 0 Å². The van der Waals surface area contributed by atoms with Crippen LogP contribution in [0.4, 0.5) is 0 Å². The van der Waals surface area contributed by atoms with Gasteiger partial charge in [-0.25, -0.2) is 0 Å². The fourth-order valence-electron chi connectivity index (χ4n) is 10.00. The molecule has 0 aromatic rings. The van der Waals surface area contributed by atoms with Crippen LogP contribution >= 0.6 is 0 Å². The van der Waals surface area contributed by atoms with E-state index in [1.165, 1.54) is 7.11 Å². The molecule has 5 rings (SSSR count). The van der Waals surface area contributed by atoms with Gasteiger partial charge >= 0.3 is 29.6 Å². The van der Waals surface area contributed by atoms with E-state index in [1.807, 2.05) is 20.8 Å². The number of aliphatic hydroxyl groups is 3. The van der Waals surface area contributed by atoms with Crippen molar-refractivity contribution in [3.05, 3.63) is 0 Å². The van der Waals surface area contributed by atoms with Gasteiger partial charge < -0.3 is 53.6 Å². The molecule has 5 saturated heterocycles. The molecule has 5 fully saturated rings. The average molecular weight is 693 g/mol. The summed E-state index contributed by atoms with van der Waals surface area (Å²) < 4.78 is 39.5. The van der Waals surface area contributed by atoms with Crippen molar-refractivity contribution in [2.75, 3.05) is 13.7 Å². The Morgan fingerprint density at radius 1 is 1.02 bits per heavy atom. The van der Waals surface area contributed by atoms with Gasteiger partial charge in [0.05, 0.1) is 60.0 Å². The molecule has 0 bridgehead atoms. The van der Waals surface area contributed by atoms with Crippen molar-refractivity contribution in [3.8, 4) is 0 Å². The van der Waals surface area contributed by atoms with Gasteiger partial charge in [-0.2, -0.15) is 0 Å². The van der Waals surface area contributed by atoms with Gasteiger partial charge in [0.1, 0.15) is 0 Å². The predicted molar refractivity (Wildman–Crippen MR) is 170 cm³/mol. The largest absolute Gasteiger partial charge is 1.00 e. The molecule has 1 spiro atoms. The number of hydrogen-bond donors (Lipinski definition) is 3. The number of aliphatic carboxylic acids is 1. The normalized spacial score (nSPS) is 49.8. The summed E-state index contributed by atoms with van der Waals surface area (Å²) in [5.74, 6) is -4.80. The van der Waals surface area contributed by atoms with Crippen molar-refractivity contribution in [2.45, 2.75) is 178 Å². The minimum atomic E-state index is -1.57. The van der Waals surface area contributed by atoms with Crippen LogP contribution in [0.1, 0.15) is 113 Å². The van der Waals surface area contributed by atoms with Crippen LogP contribution in [0, 0.1) is 29.6 Å². The van der Waals surface area contributed by atoms with Crippen molar-refractivity contribution in [2.24, 2.45) is 29.6 Å². The Balaban J connectivity index is 0.00000520. The van der Waals surface area contributed by atoms with Crippen molar-refractivity contribution in [1.29, 1.82) is 0 Å². The zero-order valence-electron chi connectivity index (χ0n) is 31.0. The molecule has 0 radical (unpaired) electrons. The summed E-state index contributed by atoms with van der Waals surface area (Å²) >= 11 is 0. The van der Waals surface area contributed by atoms with Crippen molar-refractivity contribution < 1.29 is 83.2 Å². The van der Waals surface area contributed by atoms with Gasteiger partial charge in [0, 0.05) is 50.1 Å². The molecule has 5 aliphatic heterocycles. The van der Waals surface area contributed by atoms with E-state index in [2.05, 4.69) is 27.7 Å². The number of carbonyl (C=O) groups excluding carboxylic acids is 1. The van der Waals surface area contributed by atoms with E-state index in [1.54, 1.807) is 6.92 Å². The fraction of sp³-hybridized carbons (Fsp3) is 0.972. The van der Waals surface area contributed by atoms with Gasteiger partial charge in [0.15, 0.2) is 11.6 Å². The van der Waals surface area contributed by atoms with Crippen LogP contribution in [-0.2, 0) is 33.2 Å². The van der Waals surface area contributed by atoms with Crippen LogP contribution in [0.3, 0.4) is 0 Å². The first kappa shape index (κ1) is 40.9. The number of rotatable bonds is 10. The van der Waals surface area contributed by atoms with Gasteiger partial charge in [-0.05, 0) is 64.2 Å². The maximum absolute atomic E-state index is 11.7. The number of carboxylic acid groups (broad SMARTS) is 1. The van der Waals surface area contributed by atoms with Crippen LogP contribution in [0.15, 0.2) is 0 Å². The Hall–Kier alpha value is 0.110. The van der Waals surface area contributed by atoms with E-state index in [4.69, 9.17) is 28.4 Å². The second kappa shape index (κ2) is 14.9. The number of ether oxygens (including phenoxy) is 6. The Kier molecular flexibility index (Phi) is 12.7. The number of methoxy groups -OCH3 is 1. The van der Waals surface area contributed by atoms with Crippen molar-refractivity contribution >= 4 is 5.97 Å². The van der Waals surface area contributed by atoms with Crippen LogP contribution in [0.25, 0.3) is 0 Å². The van der Waals surface area contributed by atoms with E-state index in [9.17, 15) is 25.2 Å². The Morgan fingerprint density at radius 3 is 2.31 bits per heavy atom. The molecule has 0 aromatic carbocycles. The second-order valence-electron chi connectivity index (χ2n) is 16.5. The summed E-state index contributed by atoms with van der Waals surface area (Å²) in [6, 6.07) is 0. The van der Waals surface area contributed by atoms with E-state index in [0.717, 1.165) is 32.1 Å². The SMILES string of the molecule is CC[C@@]1([C@@H]2O[C@@H]([C@H]3O[C@@](O)(CO)[C@H](C)C[C@@H]3C)C[C@@H]2C)CC[C@H]([C@]2(C)CC[C@]3(C[C@H](O)C[C@@](C)([C@@H](C)[C@@H](OC)C(C)C(=O)[O-])O3)O2)O1.[Na+]. The van der Waals surface area contributed by atoms with Crippen LogP contribution < -0.4 is 34.7 Å². The molecule has 3 N–H and O–H groups in total. The van der Waals surface area contributed by atoms with Crippen LogP contribution in [0.2, 0.25) is 0 Å². The molecule has 5 heterocycles. The Morgan fingerprint density at radius 2 is 1.71 bits per heavy atom. The molecule has 5 aliphatic rings. The van der Waals surface area contributed by atoms with E-state index < -0.39 is 59.1 Å². The topological polar surface area (TPSA) is 156 Å². The molecule has 11 nitrogen and oxygen atoms in total. The molecule has 0 aliphatic carbocycles. The average Bonchev–Trinajstić information content (AvgIpc) is 3.71. The second-order valence-corrected chi connectivity index (χ2v) is 16.5. The first-order valence-corrected chi connectivity index (χ1v) is 18.1. The van der Waals surface area contributed by atoms with Gasteiger partial charge in [-0.15, -0.1) is 0 Å². The fourth-order valence-corrected chi connectivity index (χ4v) is 10.00. The third-order valence-electron chi connectivity index (χ3n) is 13.1. The summed E-state index contributed by atoms with van der Waals surface area (Å²) in [6.45, 7) is 15.4. The molecule has 48 heavy (non-hydrogen) atoms. The monoisotopic (exact) mass is 692 g/mol. The van der Waals surface area contributed by atoms with Gasteiger partial charge in [0.25, 0.3) is 0 Å².